The number of carbonyl (C=O) groups excluding carboxylic acids is 1. The Kier molecular flexibility index (Phi) is 5.53. The predicted octanol–water partition coefficient (Wildman–Crippen LogP) is 3.32. The molecule has 0 saturated carbocycles. The number of nitrogens with one attached hydrogen (secondary N) is 1. The molecule has 1 aromatic rings. The molecular weight excluding hydrogens is 214 g/mol. The largest absolute Gasteiger partial charge is 0.462 e. The molecule has 0 amide bonds. The first kappa shape index (κ1) is 13.6. The van der Waals surface area contributed by atoms with E-state index in [1.807, 2.05) is 25.1 Å². The fraction of sp³-hybridized carbons (Fsp3) is 0.500. The van der Waals surface area contributed by atoms with E-state index in [0.29, 0.717) is 18.1 Å². The Balaban J connectivity index is 2.73. The van der Waals surface area contributed by atoms with Crippen molar-refractivity contribution in [1.82, 2.24) is 0 Å². The van der Waals surface area contributed by atoms with E-state index in [1.165, 1.54) is 0 Å². The lowest BCUT2D eigenvalue weighted by Crippen LogP contribution is -2.13. The van der Waals surface area contributed by atoms with Crippen LogP contribution in [-0.2, 0) is 4.74 Å². The lowest BCUT2D eigenvalue weighted by atomic mass is 10.1. The number of ether oxygens (including phenoxy) is 1. The van der Waals surface area contributed by atoms with E-state index in [4.69, 9.17) is 4.74 Å². The Morgan fingerprint density at radius 1 is 1.35 bits per heavy atom. The molecule has 0 aliphatic rings. The van der Waals surface area contributed by atoms with Crippen LogP contribution in [-0.4, -0.2) is 19.1 Å². The van der Waals surface area contributed by atoms with Crippen molar-refractivity contribution in [3.05, 3.63) is 29.8 Å². The molecular formula is C14H21NO2. The molecule has 0 aliphatic carbocycles. The average molecular weight is 235 g/mol. The minimum absolute atomic E-state index is 0.251. The minimum atomic E-state index is -0.251. The molecule has 0 bridgehead atoms. The summed E-state index contributed by atoms with van der Waals surface area (Å²) in [6, 6.07) is 7.47. The predicted molar refractivity (Wildman–Crippen MR) is 70.3 cm³/mol. The molecule has 1 aromatic carbocycles. The van der Waals surface area contributed by atoms with Gasteiger partial charge in [-0.2, -0.15) is 0 Å². The van der Waals surface area contributed by atoms with Crippen molar-refractivity contribution in [2.45, 2.75) is 27.2 Å². The molecule has 0 aromatic heterocycles. The SMILES string of the molecule is CCCOC(=O)c1ccccc1NCC(C)C. The van der Waals surface area contributed by atoms with Gasteiger partial charge in [-0.25, -0.2) is 4.79 Å². The van der Waals surface area contributed by atoms with Gasteiger partial charge in [0.2, 0.25) is 0 Å². The second kappa shape index (κ2) is 6.94. The molecule has 17 heavy (non-hydrogen) atoms. The van der Waals surface area contributed by atoms with E-state index < -0.39 is 0 Å². The second-order valence-corrected chi connectivity index (χ2v) is 4.46. The summed E-state index contributed by atoms with van der Waals surface area (Å²) in [4.78, 5) is 11.8. The normalized spacial score (nSPS) is 10.4. The third-order valence-corrected chi connectivity index (χ3v) is 2.29. The maximum Gasteiger partial charge on any atom is 0.340 e. The number of rotatable bonds is 6. The van der Waals surface area contributed by atoms with Crippen molar-refractivity contribution in [2.75, 3.05) is 18.5 Å². The second-order valence-electron chi connectivity index (χ2n) is 4.46. The summed E-state index contributed by atoms with van der Waals surface area (Å²) in [5.41, 5.74) is 1.46. The number of anilines is 1. The fourth-order valence-electron chi connectivity index (χ4n) is 1.40. The Hall–Kier alpha value is -1.51. The summed E-state index contributed by atoms with van der Waals surface area (Å²) in [6.45, 7) is 7.56. The van der Waals surface area contributed by atoms with Gasteiger partial charge in [0.25, 0.3) is 0 Å². The highest BCUT2D eigenvalue weighted by molar-refractivity contribution is 5.95. The van der Waals surface area contributed by atoms with E-state index in [0.717, 1.165) is 18.7 Å². The molecule has 1 N–H and O–H groups in total. The van der Waals surface area contributed by atoms with Gasteiger partial charge in [0.15, 0.2) is 0 Å². The minimum Gasteiger partial charge on any atom is -0.462 e. The first-order chi connectivity index (χ1) is 8.15. The van der Waals surface area contributed by atoms with Gasteiger partial charge in [0.1, 0.15) is 0 Å². The molecule has 0 aliphatic heterocycles. The van der Waals surface area contributed by atoms with Crippen LogP contribution in [0.15, 0.2) is 24.3 Å². The maximum atomic E-state index is 11.8. The number of carbonyl (C=O) groups is 1. The molecule has 0 atom stereocenters. The van der Waals surface area contributed by atoms with E-state index in [9.17, 15) is 4.79 Å². The highest BCUT2D eigenvalue weighted by Crippen LogP contribution is 2.16. The third kappa shape index (κ3) is 4.47. The number of hydrogen-bond acceptors (Lipinski definition) is 3. The van der Waals surface area contributed by atoms with Crippen molar-refractivity contribution in [3.8, 4) is 0 Å². The fourth-order valence-corrected chi connectivity index (χ4v) is 1.40. The van der Waals surface area contributed by atoms with Crippen molar-refractivity contribution < 1.29 is 9.53 Å². The molecule has 94 valence electrons. The van der Waals surface area contributed by atoms with Crippen molar-refractivity contribution >= 4 is 11.7 Å². The van der Waals surface area contributed by atoms with Crippen molar-refractivity contribution in [1.29, 1.82) is 0 Å². The first-order valence-corrected chi connectivity index (χ1v) is 6.15. The first-order valence-electron chi connectivity index (χ1n) is 6.15. The molecule has 3 nitrogen and oxygen atoms in total. The van der Waals surface area contributed by atoms with Crippen molar-refractivity contribution in [2.24, 2.45) is 5.92 Å². The van der Waals surface area contributed by atoms with Crippen LogP contribution in [0.1, 0.15) is 37.6 Å². The van der Waals surface area contributed by atoms with Crippen LogP contribution >= 0.6 is 0 Å². The number of benzene rings is 1. The Morgan fingerprint density at radius 3 is 2.71 bits per heavy atom. The van der Waals surface area contributed by atoms with Gasteiger partial charge < -0.3 is 10.1 Å². The lowest BCUT2D eigenvalue weighted by molar-refractivity contribution is 0.0506. The van der Waals surface area contributed by atoms with Crippen molar-refractivity contribution in [3.63, 3.8) is 0 Å². The van der Waals surface area contributed by atoms with Crippen LogP contribution < -0.4 is 5.32 Å². The summed E-state index contributed by atoms with van der Waals surface area (Å²) >= 11 is 0. The van der Waals surface area contributed by atoms with Gasteiger partial charge >= 0.3 is 5.97 Å². The van der Waals surface area contributed by atoms with Crippen LogP contribution in [0, 0.1) is 5.92 Å². The highest BCUT2D eigenvalue weighted by Gasteiger charge is 2.11. The molecule has 0 heterocycles. The molecule has 0 radical (unpaired) electrons. The zero-order valence-electron chi connectivity index (χ0n) is 10.8. The summed E-state index contributed by atoms with van der Waals surface area (Å²) in [5.74, 6) is 0.286. The molecule has 0 fully saturated rings. The lowest BCUT2D eigenvalue weighted by Gasteiger charge is -2.12. The number of para-hydroxylation sites is 1. The zero-order chi connectivity index (χ0) is 12.7. The van der Waals surface area contributed by atoms with Gasteiger partial charge in [-0.3, -0.25) is 0 Å². The Bertz CT molecular complexity index is 361. The van der Waals surface area contributed by atoms with Crippen LogP contribution in [0.5, 0.6) is 0 Å². The number of hydrogen-bond donors (Lipinski definition) is 1. The average Bonchev–Trinajstić information content (AvgIpc) is 2.33. The van der Waals surface area contributed by atoms with E-state index in [2.05, 4.69) is 19.2 Å². The standard InChI is InChI=1S/C14H21NO2/c1-4-9-17-14(16)12-7-5-6-8-13(12)15-10-11(2)3/h5-8,11,15H,4,9-10H2,1-3H3. The van der Waals surface area contributed by atoms with E-state index >= 15 is 0 Å². The quantitative estimate of drug-likeness (QED) is 0.769. The maximum absolute atomic E-state index is 11.8. The Morgan fingerprint density at radius 2 is 2.06 bits per heavy atom. The summed E-state index contributed by atoms with van der Waals surface area (Å²) in [6.07, 6.45) is 0.841. The zero-order valence-corrected chi connectivity index (χ0v) is 10.8. The van der Waals surface area contributed by atoms with Crippen LogP contribution in [0.2, 0.25) is 0 Å². The van der Waals surface area contributed by atoms with Gasteiger partial charge in [-0.1, -0.05) is 32.9 Å². The van der Waals surface area contributed by atoms with Gasteiger partial charge in [0.05, 0.1) is 12.2 Å². The third-order valence-electron chi connectivity index (χ3n) is 2.29. The summed E-state index contributed by atoms with van der Waals surface area (Å²) in [7, 11) is 0. The summed E-state index contributed by atoms with van der Waals surface area (Å²) in [5, 5.41) is 3.27. The van der Waals surface area contributed by atoms with Crippen LogP contribution in [0.4, 0.5) is 5.69 Å². The van der Waals surface area contributed by atoms with Crippen LogP contribution in [0.3, 0.4) is 0 Å². The van der Waals surface area contributed by atoms with Gasteiger partial charge in [-0.05, 0) is 24.5 Å². The van der Waals surface area contributed by atoms with Gasteiger partial charge in [-0.15, -0.1) is 0 Å². The van der Waals surface area contributed by atoms with Crippen LogP contribution in [0.25, 0.3) is 0 Å². The molecule has 0 saturated heterocycles. The van der Waals surface area contributed by atoms with E-state index in [-0.39, 0.29) is 5.97 Å². The van der Waals surface area contributed by atoms with Gasteiger partial charge in [0, 0.05) is 12.2 Å². The highest BCUT2D eigenvalue weighted by atomic mass is 16.5. The number of esters is 1. The smallest absolute Gasteiger partial charge is 0.340 e. The monoisotopic (exact) mass is 235 g/mol. The molecule has 0 unspecified atom stereocenters. The molecule has 3 heteroatoms. The molecule has 0 spiro atoms. The topological polar surface area (TPSA) is 38.3 Å². The Labute approximate surface area is 103 Å². The molecule has 1 rings (SSSR count). The van der Waals surface area contributed by atoms with E-state index in [1.54, 1.807) is 6.07 Å². The summed E-state index contributed by atoms with van der Waals surface area (Å²) < 4.78 is 5.15.